The van der Waals surface area contributed by atoms with Crippen molar-refractivity contribution < 1.29 is 0 Å². The normalized spacial score (nSPS) is 11.2. The minimum atomic E-state index is 0.639. The summed E-state index contributed by atoms with van der Waals surface area (Å²) in [7, 11) is 1.92. The van der Waals surface area contributed by atoms with Crippen molar-refractivity contribution in [1.82, 2.24) is 9.78 Å². The Morgan fingerprint density at radius 1 is 1.43 bits per heavy atom. The van der Waals surface area contributed by atoms with Crippen LogP contribution in [0.3, 0.4) is 0 Å². The van der Waals surface area contributed by atoms with Gasteiger partial charge in [0.15, 0.2) is 0 Å². The van der Waals surface area contributed by atoms with Crippen LogP contribution in [0, 0.1) is 5.92 Å². The molecule has 0 bridgehead atoms. The van der Waals surface area contributed by atoms with Gasteiger partial charge in [0.2, 0.25) is 0 Å². The smallest absolute Gasteiger partial charge is 0.124 e. The van der Waals surface area contributed by atoms with Crippen molar-refractivity contribution in [1.29, 1.82) is 0 Å². The van der Waals surface area contributed by atoms with Crippen molar-refractivity contribution >= 4 is 5.82 Å². The zero-order valence-electron chi connectivity index (χ0n) is 9.67. The fraction of sp³-hybridized carbons (Fsp3) is 0.727. The molecule has 3 heteroatoms. The number of aromatic nitrogens is 2. The second-order valence-electron chi connectivity index (χ2n) is 4.28. The summed E-state index contributed by atoms with van der Waals surface area (Å²) < 4.78 is 1.79. The van der Waals surface area contributed by atoms with E-state index in [2.05, 4.69) is 25.9 Å². The molecule has 0 saturated heterocycles. The third-order valence-electron chi connectivity index (χ3n) is 2.38. The van der Waals surface area contributed by atoms with Crippen molar-refractivity contribution in [2.24, 2.45) is 13.0 Å². The van der Waals surface area contributed by atoms with Crippen molar-refractivity contribution in [3.05, 3.63) is 11.3 Å². The van der Waals surface area contributed by atoms with Crippen LogP contribution < -0.4 is 5.73 Å². The summed E-state index contributed by atoms with van der Waals surface area (Å²) in [5, 5.41) is 4.46. The van der Waals surface area contributed by atoms with Gasteiger partial charge in [-0.2, -0.15) is 5.10 Å². The SMILES string of the molecule is CCCc1c(CC(C)C)nn(C)c1N. The minimum absolute atomic E-state index is 0.639. The van der Waals surface area contributed by atoms with Crippen LogP contribution in [-0.2, 0) is 19.9 Å². The van der Waals surface area contributed by atoms with Gasteiger partial charge in [0, 0.05) is 12.6 Å². The maximum Gasteiger partial charge on any atom is 0.124 e. The molecule has 0 atom stereocenters. The second-order valence-corrected chi connectivity index (χ2v) is 4.28. The molecule has 0 aliphatic carbocycles. The molecule has 0 amide bonds. The van der Waals surface area contributed by atoms with Gasteiger partial charge in [-0.1, -0.05) is 27.2 Å². The summed E-state index contributed by atoms with van der Waals surface area (Å²) >= 11 is 0. The minimum Gasteiger partial charge on any atom is -0.384 e. The highest BCUT2D eigenvalue weighted by molar-refractivity contribution is 5.43. The first kappa shape index (κ1) is 11.1. The third kappa shape index (κ3) is 2.28. The number of rotatable bonds is 4. The number of nitrogen functional groups attached to an aromatic ring is 1. The quantitative estimate of drug-likeness (QED) is 0.800. The molecule has 0 aliphatic rings. The zero-order valence-corrected chi connectivity index (χ0v) is 9.67. The summed E-state index contributed by atoms with van der Waals surface area (Å²) in [4.78, 5) is 0. The fourth-order valence-corrected chi connectivity index (χ4v) is 1.71. The van der Waals surface area contributed by atoms with Gasteiger partial charge >= 0.3 is 0 Å². The molecule has 0 aromatic carbocycles. The second kappa shape index (κ2) is 4.49. The molecule has 0 unspecified atom stereocenters. The maximum atomic E-state index is 5.97. The first-order valence-corrected chi connectivity index (χ1v) is 5.36. The Labute approximate surface area is 86.3 Å². The molecular formula is C11H21N3. The highest BCUT2D eigenvalue weighted by atomic mass is 15.3. The van der Waals surface area contributed by atoms with Gasteiger partial charge < -0.3 is 5.73 Å². The fourth-order valence-electron chi connectivity index (χ4n) is 1.71. The van der Waals surface area contributed by atoms with Crippen molar-refractivity contribution in [3.63, 3.8) is 0 Å². The van der Waals surface area contributed by atoms with Crippen LogP contribution in [-0.4, -0.2) is 9.78 Å². The summed E-state index contributed by atoms with van der Waals surface area (Å²) in [6, 6.07) is 0. The predicted octanol–water partition coefficient (Wildman–Crippen LogP) is 2.15. The van der Waals surface area contributed by atoms with Crippen LogP contribution in [0.25, 0.3) is 0 Å². The Hall–Kier alpha value is -0.990. The van der Waals surface area contributed by atoms with E-state index >= 15 is 0 Å². The van der Waals surface area contributed by atoms with E-state index in [0.717, 1.165) is 25.1 Å². The average molecular weight is 195 g/mol. The van der Waals surface area contributed by atoms with Crippen LogP contribution >= 0.6 is 0 Å². The zero-order chi connectivity index (χ0) is 10.7. The highest BCUT2D eigenvalue weighted by Crippen LogP contribution is 2.20. The lowest BCUT2D eigenvalue weighted by atomic mass is 10.0. The largest absolute Gasteiger partial charge is 0.384 e. The Balaban J connectivity index is 2.96. The summed E-state index contributed by atoms with van der Waals surface area (Å²) in [5.41, 5.74) is 8.40. The van der Waals surface area contributed by atoms with E-state index in [1.54, 1.807) is 4.68 Å². The lowest BCUT2D eigenvalue weighted by molar-refractivity contribution is 0.617. The molecule has 0 fully saturated rings. The summed E-state index contributed by atoms with van der Waals surface area (Å²) in [6.07, 6.45) is 3.20. The molecule has 2 N–H and O–H groups in total. The summed E-state index contributed by atoms with van der Waals surface area (Å²) in [6.45, 7) is 6.59. The van der Waals surface area contributed by atoms with Gasteiger partial charge in [-0.25, -0.2) is 0 Å². The van der Waals surface area contributed by atoms with Crippen molar-refractivity contribution in [2.45, 2.75) is 40.0 Å². The molecule has 3 nitrogen and oxygen atoms in total. The third-order valence-corrected chi connectivity index (χ3v) is 2.38. The van der Waals surface area contributed by atoms with Gasteiger partial charge in [-0.3, -0.25) is 4.68 Å². The molecule has 1 rings (SSSR count). The lowest BCUT2D eigenvalue weighted by Crippen LogP contribution is -1.99. The molecule has 1 heterocycles. The van der Waals surface area contributed by atoms with E-state index in [1.807, 2.05) is 7.05 Å². The Bertz CT molecular complexity index is 300. The number of nitrogens with two attached hydrogens (primary N) is 1. The van der Waals surface area contributed by atoms with E-state index in [4.69, 9.17) is 5.73 Å². The van der Waals surface area contributed by atoms with Crippen LogP contribution in [0.1, 0.15) is 38.4 Å². The molecule has 0 aliphatic heterocycles. The highest BCUT2D eigenvalue weighted by Gasteiger charge is 2.13. The van der Waals surface area contributed by atoms with Crippen LogP contribution in [0.15, 0.2) is 0 Å². The van der Waals surface area contributed by atoms with Crippen LogP contribution in [0.4, 0.5) is 5.82 Å². The Morgan fingerprint density at radius 3 is 2.57 bits per heavy atom. The first-order valence-electron chi connectivity index (χ1n) is 5.36. The predicted molar refractivity (Wildman–Crippen MR) is 60.2 cm³/mol. The van der Waals surface area contributed by atoms with E-state index in [1.165, 1.54) is 11.3 Å². The van der Waals surface area contributed by atoms with Gasteiger partial charge in [0.05, 0.1) is 5.69 Å². The number of nitrogens with zero attached hydrogens (tertiary/aromatic N) is 2. The molecule has 14 heavy (non-hydrogen) atoms. The Morgan fingerprint density at radius 2 is 2.07 bits per heavy atom. The van der Waals surface area contributed by atoms with Crippen LogP contribution in [0.2, 0.25) is 0 Å². The van der Waals surface area contributed by atoms with Gasteiger partial charge in [-0.05, 0) is 18.8 Å². The molecule has 0 spiro atoms. The molecule has 0 saturated carbocycles. The van der Waals surface area contributed by atoms with Crippen molar-refractivity contribution in [2.75, 3.05) is 5.73 Å². The summed E-state index contributed by atoms with van der Waals surface area (Å²) in [5.74, 6) is 1.47. The topological polar surface area (TPSA) is 43.8 Å². The number of hydrogen-bond acceptors (Lipinski definition) is 2. The first-order chi connectivity index (χ1) is 6.56. The van der Waals surface area contributed by atoms with Gasteiger partial charge in [0.25, 0.3) is 0 Å². The Kier molecular flexibility index (Phi) is 3.55. The number of aryl methyl sites for hydroxylation is 1. The molecule has 80 valence electrons. The van der Waals surface area contributed by atoms with E-state index in [0.29, 0.717) is 5.92 Å². The van der Waals surface area contributed by atoms with Gasteiger partial charge in [0.1, 0.15) is 5.82 Å². The number of hydrogen-bond donors (Lipinski definition) is 1. The average Bonchev–Trinajstić information content (AvgIpc) is 2.32. The van der Waals surface area contributed by atoms with Crippen LogP contribution in [0.5, 0.6) is 0 Å². The van der Waals surface area contributed by atoms with E-state index in [-0.39, 0.29) is 0 Å². The monoisotopic (exact) mass is 195 g/mol. The molecule has 1 aromatic rings. The molecular weight excluding hydrogens is 174 g/mol. The molecule has 0 radical (unpaired) electrons. The number of anilines is 1. The van der Waals surface area contributed by atoms with Crippen molar-refractivity contribution in [3.8, 4) is 0 Å². The molecule has 1 aromatic heterocycles. The lowest BCUT2D eigenvalue weighted by Gasteiger charge is -2.04. The van der Waals surface area contributed by atoms with E-state index < -0.39 is 0 Å². The maximum absolute atomic E-state index is 5.97. The van der Waals surface area contributed by atoms with E-state index in [9.17, 15) is 0 Å². The standard InChI is InChI=1S/C11H21N3/c1-5-6-9-10(7-8(2)3)13-14(4)11(9)12/h8H,5-7,12H2,1-4H3. The van der Waals surface area contributed by atoms with Gasteiger partial charge in [-0.15, -0.1) is 0 Å².